The van der Waals surface area contributed by atoms with Gasteiger partial charge in [0.05, 0.1) is 5.41 Å². The van der Waals surface area contributed by atoms with E-state index in [-0.39, 0.29) is 11.4 Å². The summed E-state index contributed by atoms with van der Waals surface area (Å²) in [6, 6.07) is 7.79. The van der Waals surface area contributed by atoms with Crippen molar-refractivity contribution >= 4 is 5.97 Å². The molecule has 1 aromatic carbocycles. The third-order valence-corrected chi connectivity index (χ3v) is 2.98. The molecule has 0 radical (unpaired) electrons. The van der Waals surface area contributed by atoms with Crippen molar-refractivity contribution in [3.05, 3.63) is 29.8 Å². The fourth-order valence-corrected chi connectivity index (χ4v) is 1.87. The van der Waals surface area contributed by atoms with Crippen molar-refractivity contribution in [3.63, 3.8) is 0 Å². The number of carbonyl (C=O) groups excluding carboxylic acids is 1. The van der Waals surface area contributed by atoms with Gasteiger partial charge in [-0.15, -0.1) is 0 Å². The second kappa shape index (κ2) is 3.69. The minimum atomic E-state index is -0.354. The molecule has 2 heteroatoms. The molecule has 0 aliphatic carbocycles. The van der Waals surface area contributed by atoms with Crippen LogP contribution in [-0.2, 0) is 11.2 Å². The molecule has 0 saturated carbocycles. The second-order valence-corrected chi connectivity index (χ2v) is 4.73. The highest BCUT2D eigenvalue weighted by Crippen LogP contribution is 2.31. The smallest absolute Gasteiger partial charge is 0.316 e. The van der Waals surface area contributed by atoms with Gasteiger partial charge in [0.25, 0.3) is 0 Å². The van der Waals surface area contributed by atoms with Crippen molar-refractivity contribution in [1.29, 1.82) is 0 Å². The van der Waals surface area contributed by atoms with E-state index < -0.39 is 0 Å². The lowest BCUT2D eigenvalue weighted by Crippen LogP contribution is -2.30. The molecule has 0 bridgehead atoms. The summed E-state index contributed by atoms with van der Waals surface area (Å²) in [5.74, 6) is 0.616. The number of ether oxygens (including phenoxy) is 1. The Balaban J connectivity index is 2.33. The first-order valence-electron chi connectivity index (χ1n) is 5.40. The molecule has 1 heterocycles. The maximum Gasteiger partial charge on any atom is 0.316 e. The molecule has 2 rings (SSSR count). The van der Waals surface area contributed by atoms with E-state index in [2.05, 4.69) is 0 Å². The van der Waals surface area contributed by atoms with Gasteiger partial charge in [0.2, 0.25) is 0 Å². The van der Waals surface area contributed by atoms with E-state index in [9.17, 15) is 4.79 Å². The lowest BCUT2D eigenvalue weighted by Gasteiger charge is -2.25. The molecule has 2 nitrogen and oxygen atoms in total. The largest absolute Gasteiger partial charge is 0.426 e. The molecule has 0 unspecified atom stereocenters. The topological polar surface area (TPSA) is 26.3 Å². The minimum absolute atomic E-state index is 0.116. The van der Waals surface area contributed by atoms with Crippen molar-refractivity contribution in [1.82, 2.24) is 0 Å². The minimum Gasteiger partial charge on any atom is -0.426 e. The van der Waals surface area contributed by atoms with Gasteiger partial charge in [0.1, 0.15) is 5.75 Å². The van der Waals surface area contributed by atoms with Gasteiger partial charge in [0, 0.05) is 0 Å². The number of hydrogen-bond acceptors (Lipinski definition) is 2. The van der Waals surface area contributed by atoms with Crippen molar-refractivity contribution in [2.45, 2.75) is 33.1 Å². The molecule has 0 fully saturated rings. The van der Waals surface area contributed by atoms with Crippen LogP contribution >= 0.6 is 0 Å². The summed E-state index contributed by atoms with van der Waals surface area (Å²) in [4.78, 5) is 11.8. The van der Waals surface area contributed by atoms with Crippen molar-refractivity contribution in [2.75, 3.05) is 0 Å². The average Bonchev–Trinajstić information content (AvgIpc) is 2.18. The van der Waals surface area contributed by atoms with Gasteiger partial charge in [0.15, 0.2) is 0 Å². The monoisotopic (exact) mass is 204 g/mol. The van der Waals surface area contributed by atoms with Crippen LogP contribution in [0.3, 0.4) is 0 Å². The van der Waals surface area contributed by atoms with Crippen LogP contribution in [0.2, 0.25) is 0 Å². The first-order chi connectivity index (χ1) is 7.09. The zero-order chi connectivity index (χ0) is 10.9. The molecular weight excluding hydrogens is 188 g/mol. The lowest BCUT2D eigenvalue weighted by atomic mass is 9.85. The van der Waals surface area contributed by atoms with Gasteiger partial charge in [-0.3, -0.25) is 4.79 Å². The summed E-state index contributed by atoms with van der Waals surface area (Å²) < 4.78 is 5.41. The zero-order valence-corrected chi connectivity index (χ0v) is 9.25. The van der Waals surface area contributed by atoms with Gasteiger partial charge in [-0.25, -0.2) is 0 Å². The summed E-state index contributed by atoms with van der Waals surface area (Å²) in [6.07, 6.45) is 2.92. The summed E-state index contributed by atoms with van der Waals surface area (Å²) in [5.41, 5.74) is 0.786. The number of hydrogen-bond donors (Lipinski definition) is 0. The standard InChI is InChI=1S/C13H16O2/c1-13(2)9-5-7-10-6-3-4-8-11(10)15-12(13)14/h3-4,6,8H,5,7,9H2,1-2H3. The Kier molecular flexibility index (Phi) is 2.51. The SMILES string of the molecule is CC1(C)CCCc2ccccc2OC1=O. The maximum atomic E-state index is 11.8. The van der Waals surface area contributed by atoms with Gasteiger partial charge in [-0.1, -0.05) is 18.2 Å². The van der Waals surface area contributed by atoms with E-state index >= 15 is 0 Å². The van der Waals surface area contributed by atoms with E-state index in [0.29, 0.717) is 0 Å². The van der Waals surface area contributed by atoms with Crippen LogP contribution in [0, 0.1) is 5.41 Å². The molecule has 0 amide bonds. The number of aryl methyl sites for hydroxylation is 1. The highest BCUT2D eigenvalue weighted by Gasteiger charge is 2.31. The second-order valence-electron chi connectivity index (χ2n) is 4.73. The normalized spacial score (nSPS) is 19.7. The fraction of sp³-hybridized carbons (Fsp3) is 0.462. The molecule has 1 aliphatic rings. The zero-order valence-electron chi connectivity index (χ0n) is 9.25. The van der Waals surface area contributed by atoms with E-state index in [1.165, 1.54) is 0 Å². The van der Waals surface area contributed by atoms with Crippen LogP contribution in [-0.4, -0.2) is 5.97 Å². The first kappa shape index (κ1) is 10.2. The van der Waals surface area contributed by atoms with Gasteiger partial charge < -0.3 is 4.74 Å². The Labute approximate surface area is 90.3 Å². The van der Waals surface area contributed by atoms with Crippen LogP contribution in [0.4, 0.5) is 0 Å². The molecule has 0 atom stereocenters. The number of rotatable bonds is 0. The molecule has 1 aliphatic heterocycles. The molecule has 80 valence electrons. The maximum absolute atomic E-state index is 11.8. The van der Waals surface area contributed by atoms with E-state index in [1.807, 2.05) is 38.1 Å². The third kappa shape index (κ3) is 2.04. The predicted octanol–water partition coefficient (Wildman–Crippen LogP) is 2.95. The lowest BCUT2D eigenvalue weighted by molar-refractivity contribution is -0.144. The number of fused-ring (bicyclic) bond motifs is 1. The van der Waals surface area contributed by atoms with Crippen LogP contribution in [0.5, 0.6) is 5.75 Å². The van der Waals surface area contributed by atoms with Crippen LogP contribution in [0.25, 0.3) is 0 Å². The molecule has 1 aromatic rings. The van der Waals surface area contributed by atoms with Gasteiger partial charge in [-0.05, 0) is 44.7 Å². The Bertz CT molecular complexity index is 380. The van der Waals surface area contributed by atoms with E-state index in [0.717, 1.165) is 30.6 Å². The van der Waals surface area contributed by atoms with Crippen molar-refractivity contribution in [2.24, 2.45) is 5.41 Å². The summed E-state index contributed by atoms with van der Waals surface area (Å²) >= 11 is 0. The fourth-order valence-electron chi connectivity index (χ4n) is 1.87. The Morgan fingerprint density at radius 1 is 1.27 bits per heavy atom. The molecule has 0 spiro atoms. The third-order valence-electron chi connectivity index (χ3n) is 2.98. The van der Waals surface area contributed by atoms with E-state index in [1.54, 1.807) is 0 Å². The Hall–Kier alpha value is -1.31. The van der Waals surface area contributed by atoms with Crippen LogP contribution in [0.15, 0.2) is 24.3 Å². The number of carbonyl (C=O) groups is 1. The average molecular weight is 204 g/mol. The molecule has 15 heavy (non-hydrogen) atoms. The Morgan fingerprint density at radius 3 is 2.80 bits per heavy atom. The van der Waals surface area contributed by atoms with Crippen molar-refractivity contribution in [3.8, 4) is 5.75 Å². The Morgan fingerprint density at radius 2 is 2.00 bits per heavy atom. The highest BCUT2D eigenvalue weighted by molar-refractivity contribution is 5.78. The first-order valence-corrected chi connectivity index (χ1v) is 5.40. The number of esters is 1. The predicted molar refractivity (Wildman–Crippen MR) is 58.8 cm³/mol. The van der Waals surface area contributed by atoms with E-state index in [4.69, 9.17) is 4.74 Å². The number of para-hydroxylation sites is 1. The van der Waals surface area contributed by atoms with Gasteiger partial charge >= 0.3 is 5.97 Å². The van der Waals surface area contributed by atoms with Crippen LogP contribution in [0.1, 0.15) is 32.3 Å². The quantitative estimate of drug-likeness (QED) is 0.479. The molecule has 0 N–H and O–H groups in total. The highest BCUT2D eigenvalue weighted by atomic mass is 16.5. The summed E-state index contributed by atoms with van der Waals surface area (Å²) in [6.45, 7) is 3.90. The molecular formula is C13H16O2. The molecule has 0 saturated heterocycles. The summed E-state index contributed by atoms with van der Waals surface area (Å²) in [7, 11) is 0. The van der Waals surface area contributed by atoms with Crippen molar-refractivity contribution < 1.29 is 9.53 Å². The summed E-state index contributed by atoms with van der Waals surface area (Å²) in [5, 5.41) is 0. The van der Waals surface area contributed by atoms with Crippen LogP contribution < -0.4 is 4.74 Å². The number of benzene rings is 1. The van der Waals surface area contributed by atoms with Gasteiger partial charge in [-0.2, -0.15) is 0 Å². The molecule has 0 aromatic heterocycles.